The lowest BCUT2D eigenvalue weighted by atomic mass is 9.98. The smallest absolute Gasteiger partial charge is 0.127 e. The van der Waals surface area contributed by atoms with Crippen molar-refractivity contribution in [3.63, 3.8) is 0 Å². The zero-order chi connectivity index (χ0) is 9.68. The van der Waals surface area contributed by atoms with Crippen molar-refractivity contribution in [2.45, 2.75) is 12.3 Å². The molecule has 1 aromatic rings. The molecule has 0 aliphatic rings. The number of hydrogen-bond acceptors (Lipinski definition) is 2. The van der Waals surface area contributed by atoms with Crippen molar-refractivity contribution in [1.29, 1.82) is 0 Å². The molecule has 1 unspecified atom stereocenters. The molecule has 1 atom stereocenters. The van der Waals surface area contributed by atoms with Gasteiger partial charge in [0.05, 0.1) is 0 Å². The van der Waals surface area contributed by atoms with Crippen LogP contribution in [-0.4, -0.2) is 12.6 Å². The minimum absolute atomic E-state index is 0.188. The zero-order valence-electron chi connectivity index (χ0n) is 6.94. The van der Waals surface area contributed by atoms with Crippen LogP contribution in [0.5, 0.6) is 0 Å². The first-order valence-electron chi connectivity index (χ1n) is 3.93. The van der Waals surface area contributed by atoms with Crippen LogP contribution < -0.4 is 0 Å². The maximum Gasteiger partial charge on any atom is 0.127 e. The monoisotopic (exact) mass is 196 g/mol. The van der Waals surface area contributed by atoms with Gasteiger partial charge in [-0.3, -0.25) is 0 Å². The van der Waals surface area contributed by atoms with Crippen molar-refractivity contribution in [2.24, 2.45) is 0 Å². The highest BCUT2D eigenvalue weighted by molar-refractivity contribution is 6.31. The second kappa shape index (κ2) is 4.77. The van der Waals surface area contributed by atoms with E-state index >= 15 is 0 Å². The lowest BCUT2D eigenvalue weighted by Gasteiger charge is -2.07. The summed E-state index contributed by atoms with van der Waals surface area (Å²) >= 11 is 5.86. The molecular formula is C10H9ClO2. The number of benzene rings is 1. The fourth-order valence-electron chi connectivity index (χ4n) is 1.14. The standard InChI is InChI=1S/C10H9ClO2/c11-10-4-2-1-3-9(10)8(7-13)5-6-12/h1-4,6-8H,5H2. The van der Waals surface area contributed by atoms with Crippen molar-refractivity contribution < 1.29 is 9.59 Å². The first kappa shape index (κ1) is 9.93. The van der Waals surface area contributed by atoms with E-state index in [4.69, 9.17) is 11.6 Å². The summed E-state index contributed by atoms with van der Waals surface area (Å²) in [6, 6.07) is 7.04. The van der Waals surface area contributed by atoms with Gasteiger partial charge in [0.2, 0.25) is 0 Å². The first-order chi connectivity index (χ1) is 6.29. The molecule has 0 fully saturated rings. The van der Waals surface area contributed by atoms with Gasteiger partial charge in [-0.25, -0.2) is 0 Å². The van der Waals surface area contributed by atoms with Gasteiger partial charge in [0, 0.05) is 17.4 Å². The normalized spacial score (nSPS) is 12.1. The quantitative estimate of drug-likeness (QED) is 0.692. The molecule has 0 aromatic heterocycles. The van der Waals surface area contributed by atoms with E-state index in [1.807, 2.05) is 0 Å². The Balaban J connectivity index is 2.96. The molecule has 68 valence electrons. The molecular weight excluding hydrogens is 188 g/mol. The summed E-state index contributed by atoms with van der Waals surface area (Å²) in [5, 5.41) is 0.529. The Kier molecular flexibility index (Phi) is 3.65. The van der Waals surface area contributed by atoms with Gasteiger partial charge in [0.25, 0.3) is 0 Å². The van der Waals surface area contributed by atoms with E-state index in [0.717, 1.165) is 12.6 Å². The van der Waals surface area contributed by atoms with E-state index in [2.05, 4.69) is 0 Å². The highest BCUT2D eigenvalue weighted by atomic mass is 35.5. The zero-order valence-corrected chi connectivity index (χ0v) is 7.70. The second-order valence-electron chi connectivity index (χ2n) is 2.67. The Bertz CT molecular complexity index is 310. The number of rotatable bonds is 4. The van der Waals surface area contributed by atoms with Crippen LogP contribution in [0.3, 0.4) is 0 Å². The average Bonchev–Trinajstić information content (AvgIpc) is 2.16. The third-order valence-corrected chi connectivity index (χ3v) is 2.16. The van der Waals surface area contributed by atoms with Crippen molar-refractivity contribution in [2.75, 3.05) is 0 Å². The lowest BCUT2D eigenvalue weighted by molar-refractivity contribution is -0.113. The van der Waals surface area contributed by atoms with Crippen LogP contribution in [0.15, 0.2) is 24.3 Å². The van der Waals surface area contributed by atoms with Crippen LogP contribution in [0, 0.1) is 0 Å². The molecule has 1 rings (SSSR count). The number of carbonyl (C=O) groups excluding carboxylic acids is 2. The Morgan fingerprint density at radius 1 is 1.31 bits per heavy atom. The van der Waals surface area contributed by atoms with Crippen LogP contribution in [0.2, 0.25) is 5.02 Å². The van der Waals surface area contributed by atoms with Crippen molar-refractivity contribution in [1.82, 2.24) is 0 Å². The molecule has 0 N–H and O–H groups in total. The Labute approximate surface area is 81.5 Å². The molecule has 0 aliphatic carbocycles. The van der Waals surface area contributed by atoms with Gasteiger partial charge >= 0.3 is 0 Å². The number of carbonyl (C=O) groups is 2. The molecule has 0 radical (unpaired) electrons. The maximum atomic E-state index is 10.6. The largest absolute Gasteiger partial charge is 0.303 e. The molecule has 2 nitrogen and oxygen atoms in total. The van der Waals surface area contributed by atoms with Gasteiger partial charge in [-0.15, -0.1) is 0 Å². The van der Waals surface area contributed by atoms with Crippen LogP contribution in [0.1, 0.15) is 17.9 Å². The molecule has 0 saturated carbocycles. The molecule has 0 saturated heterocycles. The summed E-state index contributed by atoms with van der Waals surface area (Å²) in [7, 11) is 0. The maximum absolute atomic E-state index is 10.6. The van der Waals surface area contributed by atoms with Gasteiger partial charge in [-0.05, 0) is 11.6 Å². The predicted octanol–water partition coefficient (Wildman–Crippen LogP) is 2.21. The third kappa shape index (κ3) is 2.39. The van der Waals surface area contributed by atoms with Crippen molar-refractivity contribution >= 4 is 24.2 Å². The Morgan fingerprint density at radius 2 is 2.00 bits per heavy atom. The van der Waals surface area contributed by atoms with E-state index in [9.17, 15) is 9.59 Å². The molecule has 0 bridgehead atoms. The summed E-state index contributed by atoms with van der Waals surface area (Å²) in [5.41, 5.74) is 0.714. The van der Waals surface area contributed by atoms with Gasteiger partial charge in [0.1, 0.15) is 12.6 Å². The highest BCUT2D eigenvalue weighted by Crippen LogP contribution is 2.24. The van der Waals surface area contributed by atoms with Gasteiger partial charge in [-0.2, -0.15) is 0 Å². The Hall–Kier alpha value is -1.15. The molecule has 0 aliphatic heterocycles. The SMILES string of the molecule is O=CCC(C=O)c1ccccc1Cl. The molecule has 0 amide bonds. The fraction of sp³-hybridized carbons (Fsp3) is 0.200. The molecule has 0 spiro atoms. The van der Waals surface area contributed by atoms with E-state index in [1.165, 1.54) is 0 Å². The lowest BCUT2D eigenvalue weighted by Crippen LogP contribution is -2.01. The summed E-state index contributed by atoms with van der Waals surface area (Å²) in [6.45, 7) is 0. The van der Waals surface area contributed by atoms with Crippen LogP contribution in [-0.2, 0) is 9.59 Å². The summed E-state index contributed by atoms with van der Waals surface area (Å²) in [5.74, 6) is -0.411. The van der Waals surface area contributed by atoms with Gasteiger partial charge in [-0.1, -0.05) is 29.8 Å². The predicted molar refractivity (Wildman–Crippen MR) is 50.9 cm³/mol. The molecule has 3 heteroatoms. The summed E-state index contributed by atoms with van der Waals surface area (Å²) in [4.78, 5) is 20.9. The fourth-order valence-corrected chi connectivity index (χ4v) is 1.41. The second-order valence-corrected chi connectivity index (χ2v) is 3.07. The first-order valence-corrected chi connectivity index (χ1v) is 4.30. The number of aldehydes is 2. The topological polar surface area (TPSA) is 34.1 Å². The van der Waals surface area contributed by atoms with E-state index in [0.29, 0.717) is 10.6 Å². The third-order valence-electron chi connectivity index (χ3n) is 1.82. The van der Waals surface area contributed by atoms with Crippen molar-refractivity contribution in [3.8, 4) is 0 Å². The minimum Gasteiger partial charge on any atom is -0.303 e. The van der Waals surface area contributed by atoms with Gasteiger partial charge < -0.3 is 9.59 Å². The molecule has 1 aromatic carbocycles. The average molecular weight is 197 g/mol. The van der Waals surface area contributed by atoms with Crippen molar-refractivity contribution in [3.05, 3.63) is 34.9 Å². The highest BCUT2D eigenvalue weighted by Gasteiger charge is 2.12. The number of hydrogen-bond donors (Lipinski definition) is 0. The van der Waals surface area contributed by atoms with Crippen LogP contribution >= 0.6 is 11.6 Å². The minimum atomic E-state index is -0.411. The van der Waals surface area contributed by atoms with Crippen LogP contribution in [0.25, 0.3) is 0 Å². The van der Waals surface area contributed by atoms with E-state index in [-0.39, 0.29) is 6.42 Å². The number of halogens is 1. The molecule has 13 heavy (non-hydrogen) atoms. The van der Waals surface area contributed by atoms with Crippen LogP contribution in [0.4, 0.5) is 0 Å². The van der Waals surface area contributed by atoms with Gasteiger partial charge in [0.15, 0.2) is 0 Å². The summed E-state index contributed by atoms with van der Waals surface area (Å²) < 4.78 is 0. The molecule has 0 heterocycles. The van der Waals surface area contributed by atoms with E-state index < -0.39 is 5.92 Å². The Morgan fingerprint density at radius 3 is 2.54 bits per heavy atom. The van der Waals surface area contributed by atoms with E-state index in [1.54, 1.807) is 24.3 Å². The summed E-state index contributed by atoms with van der Waals surface area (Å²) in [6.07, 6.45) is 1.66.